The third-order valence-electron chi connectivity index (χ3n) is 3.22. The SMILES string of the molecule is NC(=O)O[C@@H](Cc1ccccc1)C(=O)Nc1ccc(CO)cc1. The van der Waals surface area contributed by atoms with Crippen LogP contribution in [0.4, 0.5) is 10.5 Å². The van der Waals surface area contributed by atoms with E-state index in [0.717, 1.165) is 11.1 Å². The second-order valence-electron chi connectivity index (χ2n) is 4.96. The lowest BCUT2D eigenvalue weighted by molar-refractivity contribution is -0.124. The van der Waals surface area contributed by atoms with Crippen molar-refractivity contribution in [3.8, 4) is 0 Å². The molecule has 0 bridgehead atoms. The van der Waals surface area contributed by atoms with Crippen molar-refractivity contribution in [3.63, 3.8) is 0 Å². The van der Waals surface area contributed by atoms with Crippen molar-refractivity contribution in [3.05, 3.63) is 65.7 Å². The lowest BCUT2D eigenvalue weighted by Gasteiger charge is -2.16. The van der Waals surface area contributed by atoms with E-state index in [9.17, 15) is 9.59 Å². The van der Waals surface area contributed by atoms with Gasteiger partial charge in [0.2, 0.25) is 0 Å². The molecule has 120 valence electrons. The van der Waals surface area contributed by atoms with Crippen molar-refractivity contribution in [2.75, 3.05) is 5.32 Å². The molecule has 0 fully saturated rings. The molecule has 23 heavy (non-hydrogen) atoms. The number of carbonyl (C=O) groups excluding carboxylic acids is 2. The van der Waals surface area contributed by atoms with Gasteiger partial charge in [0, 0.05) is 12.1 Å². The molecule has 0 heterocycles. The summed E-state index contributed by atoms with van der Waals surface area (Å²) in [5.41, 5.74) is 7.17. The van der Waals surface area contributed by atoms with Crippen LogP contribution in [0.25, 0.3) is 0 Å². The van der Waals surface area contributed by atoms with Crippen molar-refractivity contribution in [2.45, 2.75) is 19.1 Å². The van der Waals surface area contributed by atoms with Crippen LogP contribution in [0.5, 0.6) is 0 Å². The van der Waals surface area contributed by atoms with Gasteiger partial charge in [-0.05, 0) is 23.3 Å². The zero-order valence-corrected chi connectivity index (χ0v) is 12.4. The lowest BCUT2D eigenvalue weighted by Crippen LogP contribution is -2.36. The van der Waals surface area contributed by atoms with E-state index in [0.29, 0.717) is 5.69 Å². The highest BCUT2D eigenvalue weighted by molar-refractivity contribution is 5.95. The Hall–Kier alpha value is -2.86. The first-order valence-electron chi connectivity index (χ1n) is 7.09. The number of benzene rings is 2. The van der Waals surface area contributed by atoms with E-state index in [-0.39, 0.29) is 13.0 Å². The lowest BCUT2D eigenvalue weighted by atomic mass is 10.1. The Labute approximate surface area is 133 Å². The number of nitrogens with two attached hydrogens (primary N) is 1. The largest absolute Gasteiger partial charge is 0.436 e. The Bertz CT molecular complexity index is 656. The number of rotatable bonds is 6. The monoisotopic (exact) mass is 314 g/mol. The van der Waals surface area contributed by atoms with Crippen LogP contribution in [0.2, 0.25) is 0 Å². The van der Waals surface area contributed by atoms with Gasteiger partial charge in [-0.2, -0.15) is 0 Å². The van der Waals surface area contributed by atoms with E-state index >= 15 is 0 Å². The van der Waals surface area contributed by atoms with Gasteiger partial charge in [0.15, 0.2) is 6.10 Å². The molecule has 0 saturated heterocycles. The summed E-state index contributed by atoms with van der Waals surface area (Å²) in [7, 11) is 0. The molecule has 0 aromatic heterocycles. The van der Waals surface area contributed by atoms with E-state index in [1.807, 2.05) is 30.3 Å². The molecule has 0 unspecified atom stereocenters. The van der Waals surface area contributed by atoms with E-state index in [2.05, 4.69) is 5.32 Å². The summed E-state index contributed by atoms with van der Waals surface area (Å²) in [5, 5.41) is 11.7. The van der Waals surface area contributed by atoms with Gasteiger partial charge in [-0.3, -0.25) is 4.79 Å². The Balaban J connectivity index is 2.07. The summed E-state index contributed by atoms with van der Waals surface area (Å²) in [5.74, 6) is -0.468. The fourth-order valence-electron chi connectivity index (χ4n) is 2.07. The van der Waals surface area contributed by atoms with E-state index in [1.165, 1.54) is 0 Å². The standard InChI is InChI=1S/C17H18N2O4/c18-17(22)23-15(10-12-4-2-1-3-5-12)16(21)19-14-8-6-13(11-20)7-9-14/h1-9,15,20H,10-11H2,(H2,18,22)(H,19,21)/t15-/m0/s1. The molecular formula is C17H18N2O4. The predicted molar refractivity (Wildman–Crippen MR) is 85.6 cm³/mol. The third-order valence-corrected chi connectivity index (χ3v) is 3.22. The van der Waals surface area contributed by atoms with Gasteiger partial charge in [-0.15, -0.1) is 0 Å². The van der Waals surface area contributed by atoms with Crippen molar-refractivity contribution in [1.29, 1.82) is 0 Å². The maximum atomic E-state index is 12.3. The van der Waals surface area contributed by atoms with Crippen LogP contribution in [-0.2, 0) is 22.6 Å². The third kappa shape index (κ3) is 5.12. The van der Waals surface area contributed by atoms with Crippen molar-refractivity contribution < 1.29 is 19.4 Å². The summed E-state index contributed by atoms with van der Waals surface area (Å²) in [6.45, 7) is -0.0738. The molecule has 0 aliphatic heterocycles. The van der Waals surface area contributed by atoms with Gasteiger partial charge >= 0.3 is 6.09 Å². The molecule has 0 aliphatic rings. The summed E-state index contributed by atoms with van der Waals surface area (Å²) in [4.78, 5) is 23.3. The number of primary amides is 1. The Morgan fingerprint density at radius 3 is 2.26 bits per heavy atom. The number of hydrogen-bond donors (Lipinski definition) is 3. The molecule has 2 amide bonds. The van der Waals surface area contributed by atoms with Crippen LogP contribution in [0, 0.1) is 0 Å². The highest BCUT2D eigenvalue weighted by Gasteiger charge is 2.22. The van der Waals surface area contributed by atoms with E-state index in [1.54, 1.807) is 24.3 Å². The fraction of sp³-hybridized carbons (Fsp3) is 0.176. The first-order valence-corrected chi connectivity index (χ1v) is 7.09. The molecule has 0 spiro atoms. The quantitative estimate of drug-likeness (QED) is 0.757. The van der Waals surface area contributed by atoms with Crippen LogP contribution >= 0.6 is 0 Å². The van der Waals surface area contributed by atoms with Crippen molar-refractivity contribution in [2.24, 2.45) is 5.73 Å². The number of hydrogen-bond acceptors (Lipinski definition) is 4. The average Bonchev–Trinajstić information content (AvgIpc) is 2.55. The van der Waals surface area contributed by atoms with Crippen LogP contribution in [-0.4, -0.2) is 23.2 Å². The first-order chi connectivity index (χ1) is 11.1. The van der Waals surface area contributed by atoms with Crippen molar-refractivity contribution >= 4 is 17.7 Å². The molecule has 6 nitrogen and oxygen atoms in total. The van der Waals surface area contributed by atoms with Crippen LogP contribution in [0.3, 0.4) is 0 Å². The second kappa shape index (κ2) is 7.95. The minimum Gasteiger partial charge on any atom is -0.436 e. The van der Waals surface area contributed by atoms with Crippen LogP contribution < -0.4 is 11.1 Å². The number of nitrogens with one attached hydrogen (secondary N) is 1. The molecule has 0 saturated carbocycles. The van der Waals surface area contributed by atoms with Gasteiger partial charge < -0.3 is 20.9 Å². The molecule has 6 heteroatoms. The van der Waals surface area contributed by atoms with E-state index < -0.39 is 18.1 Å². The number of anilines is 1. The molecule has 0 aliphatic carbocycles. The smallest absolute Gasteiger partial charge is 0.405 e. The summed E-state index contributed by atoms with van der Waals surface area (Å²) in [6, 6.07) is 15.9. The summed E-state index contributed by atoms with van der Waals surface area (Å²) >= 11 is 0. The second-order valence-corrected chi connectivity index (χ2v) is 4.96. The zero-order chi connectivity index (χ0) is 16.7. The maximum absolute atomic E-state index is 12.3. The normalized spacial score (nSPS) is 11.5. The summed E-state index contributed by atoms with van der Waals surface area (Å²) < 4.78 is 4.92. The molecule has 2 aromatic rings. The highest BCUT2D eigenvalue weighted by atomic mass is 16.6. The predicted octanol–water partition coefficient (Wildman–Crippen LogP) is 1.82. The number of ether oxygens (including phenoxy) is 1. The minimum absolute atomic E-state index is 0.0738. The van der Waals surface area contributed by atoms with Gasteiger partial charge in [0.05, 0.1) is 6.61 Å². The number of aliphatic hydroxyl groups excluding tert-OH is 1. The topological polar surface area (TPSA) is 102 Å². The average molecular weight is 314 g/mol. The van der Waals surface area contributed by atoms with Gasteiger partial charge in [-0.1, -0.05) is 42.5 Å². The molecule has 2 aromatic carbocycles. The Morgan fingerprint density at radius 1 is 1.04 bits per heavy atom. The molecule has 4 N–H and O–H groups in total. The number of aliphatic hydroxyl groups is 1. The zero-order valence-electron chi connectivity index (χ0n) is 12.4. The van der Waals surface area contributed by atoms with Crippen LogP contribution in [0.1, 0.15) is 11.1 Å². The fourth-order valence-corrected chi connectivity index (χ4v) is 2.07. The Morgan fingerprint density at radius 2 is 1.70 bits per heavy atom. The first kappa shape index (κ1) is 16.5. The van der Waals surface area contributed by atoms with Gasteiger partial charge in [0.25, 0.3) is 5.91 Å². The molecule has 1 atom stereocenters. The highest BCUT2D eigenvalue weighted by Crippen LogP contribution is 2.12. The molecule has 2 rings (SSSR count). The Kier molecular flexibility index (Phi) is 5.71. The minimum atomic E-state index is -1.02. The molecule has 0 radical (unpaired) electrons. The maximum Gasteiger partial charge on any atom is 0.405 e. The molecular weight excluding hydrogens is 296 g/mol. The van der Waals surface area contributed by atoms with E-state index in [4.69, 9.17) is 15.6 Å². The van der Waals surface area contributed by atoms with Gasteiger partial charge in [-0.25, -0.2) is 4.79 Å². The van der Waals surface area contributed by atoms with Gasteiger partial charge in [0.1, 0.15) is 0 Å². The number of carbonyl (C=O) groups is 2. The van der Waals surface area contributed by atoms with Crippen LogP contribution in [0.15, 0.2) is 54.6 Å². The number of amides is 2. The summed E-state index contributed by atoms with van der Waals surface area (Å²) in [6.07, 6.45) is -1.80. The van der Waals surface area contributed by atoms with Crippen molar-refractivity contribution in [1.82, 2.24) is 0 Å².